The molecule has 0 saturated heterocycles. The van der Waals surface area contributed by atoms with E-state index >= 15 is 0 Å². The van der Waals surface area contributed by atoms with Crippen molar-refractivity contribution >= 4 is 21.8 Å². The minimum Gasteiger partial charge on any atom is -0.394 e. The Morgan fingerprint density at radius 1 is 1.37 bits per heavy atom. The van der Waals surface area contributed by atoms with Crippen molar-refractivity contribution in [3.63, 3.8) is 0 Å². The van der Waals surface area contributed by atoms with Crippen LogP contribution in [0.25, 0.3) is 6.08 Å². The van der Waals surface area contributed by atoms with Gasteiger partial charge in [-0.15, -0.1) is 0 Å². The normalized spacial score (nSPS) is 16.2. The van der Waals surface area contributed by atoms with Crippen molar-refractivity contribution in [1.82, 2.24) is 5.32 Å². The summed E-state index contributed by atoms with van der Waals surface area (Å²) < 4.78 is 23.4. The third-order valence-electron chi connectivity index (χ3n) is 2.88. The quantitative estimate of drug-likeness (QED) is 0.864. The van der Waals surface area contributed by atoms with E-state index in [-0.39, 0.29) is 17.1 Å². The average Bonchev–Trinajstić information content (AvgIpc) is 2.65. The maximum absolute atomic E-state index is 12.1. The van der Waals surface area contributed by atoms with Crippen molar-refractivity contribution in [2.24, 2.45) is 0 Å². The molecule has 0 atom stereocenters. The SMILES string of the molecule is CC(C)(CO)NC(=O)c1cccc2c1C=CS2(=O)=O. The van der Waals surface area contributed by atoms with Gasteiger partial charge in [-0.1, -0.05) is 6.07 Å². The number of benzene rings is 1. The number of amides is 1. The van der Waals surface area contributed by atoms with E-state index in [1.54, 1.807) is 19.9 Å². The lowest BCUT2D eigenvalue weighted by Gasteiger charge is -2.23. The summed E-state index contributed by atoms with van der Waals surface area (Å²) in [7, 11) is -3.42. The third kappa shape index (κ3) is 2.54. The molecule has 2 rings (SSSR count). The van der Waals surface area contributed by atoms with Crippen LogP contribution in [-0.2, 0) is 9.84 Å². The second kappa shape index (κ2) is 4.47. The van der Waals surface area contributed by atoms with Crippen LogP contribution in [0.5, 0.6) is 0 Å². The summed E-state index contributed by atoms with van der Waals surface area (Å²) >= 11 is 0. The van der Waals surface area contributed by atoms with E-state index in [0.717, 1.165) is 5.41 Å². The zero-order valence-electron chi connectivity index (χ0n) is 10.7. The summed E-state index contributed by atoms with van der Waals surface area (Å²) in [6.45, 7) is 3.16. The van der Waals surface area contributed by atoms with Gasteiger partial charge in [-0.2, -0.15) is 0 Å². The number of aliphatic hydroxyl groups is 1. The lowest BCUT2D eigenvalue weighted by Crippen LogP contribution is -2.46. The Hall–Kier alpha value is -1.66. The molecule has 1 aliphatic heterocycles. The van der Waals surface area contributed by atoms with Crippen LogP contribution in [0.1, 0.15) is 29.8 Å². The van der Waals surface area contributed by atoms with Gasteiger partial charge in [0.05, 0.1) is 17.0 Å². The van der Waals surface area contributed by atoms with E-state index in [0.29, 0.717) is 5.56 Å². The van der Waals surface area contributed by atoms with Gasteiger partial charge in [0.25, 0.3) is 5.91 Å². The Morgan fingerprint density at radius 2 is 2.05 bits per heavy atom. The van der Waals surface area contributed by atoms with Gasteiger partial charge in [0.2, 0.25) is 0 Å². The fourth-order valence-electron chi connectivity index (χ4n) is 1.81. The van der Waals surface area contributed by atoms with Gasteiger partial charge < -0.3 is 10.4 Å². The Morgan fingerprint density at radius 3 is 2.68 bits per heavy atom. The molecule has 0 saturated carbocycles. The average molecular weight is 281 g/mol. The number of nitrogens with one attached hydrogen (secondary N) is 1. The summed E-state index contributed by atoms with van der Waals surface area (Å²) in [4.78, 5) is 12.3. The lowest BCUT2D eigenvalue weighted by atomic mass is 10.0. The van der Waals surface area contributed by atoms with Gasteiger partial charge in [0, 0.05) is 16.5 Å². The van der Waals surface area contributed by atoms with Crippen molar-refractivity contribution in [2.45, 2.75) is 24.3 Å². The van der Waals surface area contributed by atoms with Crippen LogP contribution >= 0.6 is 0 Å². The number of hydrogen-bond donors (Lipinski definition) is 2. The maximum Gasteiger partial charge on any atom is 0.252 e. The standard InChI is InChI=1S/C13H15NO4S/c1-13(2,8-15)14-12(16)10-4-3-5-11-9(10)6-7-19(11,17)18/h3-7,15H,8H2,1-2H3,(H,14,16). The number of carbonyl (C=O) groups is 1. The molecule has 102 valence electrons. The van der Waals surface area contributed by atoms with Crippen LogP contribution in [-0.4, -0.2) is 31.6 Å². The topological polar surface area (TPSA) is 83.5 Å². The van der Waals surface area contributed by atoms with E-state index < -0.39 is 21.3 Å². The Labute approximate surface area is 111 Å². The molecule has 0 bridgehead atoms. The zero-order valence-corrected chi connectivity index (χ0v) is 11.5. The van der Waals surface area contributed by atoms with Crippen LogP contribution in [0.3, 0.4) is 0 Å². The zero-order chi connectivity index (χ0) is 14.3. The molecule has 6 heteroatoms. The molecule has 5 nitrogen and oxygen atoms in total. The highest BCUT2D eigenvalue weighted by Crippen LogP contribution is 2.29. The van der Waals surface area contributed by atoms with Gasteiger partial charge >= 0.3 is 0 Å². The predicted molar refractivity (Wildman–Crippen MR) is 71.3 cm³/mol. The molecule has 0 aliphatic carbocycles. The van der Waals surface area contributed by atoms with Crippen LogP contribution in [0.2, 0.25) is 0 Å². The maximum atomic E-state index is 12.1. The molecule has 19 heavy (non-hydrogen) atoms. The first-order valence-corrected chi connectivity index (χ1v) is 7.31. The number of fused-ring (bicyclic) bond motifs is 1. The second-order valence-electron chi connectivity index (χ2n) is 5.06. The highest BCUT2D eigenvalue weighted by Gasteiger charge is 2.27. The first-order chi connectivity index (χ1) is 8.77. The minimum absolute atomic E-state index is 0.141. The summed E-state index contributed by atoms with van der Waals surface area (Å²) in [6.07, 6.45) is 1.42. The highest BCUT2D eigenvalue weighted by molar-refractivity contribution is 7.94. The molecule has 1 aromatic rings. The van der Waals surface area contributed by atoms with E-state index in [1.807, 2.05) is 0 Å². The Balaban J connectivity index is 2.42. The van der Waals surface area contributed by atoms with Gasteiger partial charge in [-0.05, 0) is 32.1 Å². The fourth-order valence-corrected chi connectivity index (χ4v) is 3.02. The molecule has 0 unspecified atom stereocenters. The molecule has 1 heterocycles. The molecule has 0 spiro atoms. The van der Waals surface area contributed by atoms with Crippen LogP contribution in [0.4, 0.5) is 0 Å². The van der Waals surface area contributed by atoms with Crippen LogP contribution in [0, 0.1) is 0 Å². The van der Waals surface area contributed by atoms with Crippen molar-refractivity contribution in [2.75, 3.05) is 6.61 Å². The van der Waals surface area contributed by atoms with Crippen molar-refractivity contribution in [3.8, 4) is 0 Å². The molecule has 2 N–H and O–H groups in total. The van der Waals surface area contributed by atoms with Crippen LogP contribution < -0.4 is 5.32 Å². The molecule has 0 fully saturated rings. The first kappa shape index (κ1) is 13.8. The summed E-state index contributed by atoms with van der Waals surface area (Å²) in [5.41, 5.74) is -0.0776. The second-order valence-corrected chi connectivity index (χ2v) is 6.86. The molecular weight excluding hydrogens is 266 g/mol. The number of aliphatic hydroxyl groups excluding tert-OH is 1. The lowest BCUT2D eigenvalue weighted by molar-refractivity contribution is 0.0869. The number of hydrogen-bond acceptors (Lipinski definition) is 4. The largest absolute Gasteiger partial charge is 0.394 e. The van der Waals surface area contributed by atoms with E-state index in [2.05, 4.69) is 5.32 Å². The first-order valence-electron chi connectivity index (χ1n) is 5.76. The predicted octanol–water partition coefficient (Wildman–Crippen LogP) is 0.945. The molecule has 1 amide bonds. The summed E-state index contributed by atoms with van der Waals surface area (Å²) in [5.74, 6) is -0.405. The van der Waals surface area contributed by atoms with Gasteiger partial charge in [-0.25, -0.2) is 8.42 Å². The monoisotopic (exact) mass is 281 g/mol. The van der Waals surface area contributed by atoms with E-state index in [4.69, 9.17) is 5.11 Å². The van der Waals surface area contributed by atoms with Crippen molar-refractivity contribution < 1.29 is 18.3 Å². The van der Waals surface area contributed by atoms with Crippen molar-refractivity contribution in [3.05, 3.63) is 34.7 Å². The molecular formula is C13H15NO4S. The summed E-state index contributed by atoms with van der Waals surface area (Å²) in [5, 5.41) is 12.9. The smallest absolute Gasteiger partial charge is 0.252 e. The highest BCUT2D eigenvalue weighted by atomic mass is 32.2. The molecule has 0 radical (unpaired) electrons. The Bertz CT molecular complexity index is 659. The van der Waals surface area contributed by atoms with Crippen molar-refractivity contribution in [1.29, 1.82) is 0 Å². The van der Waals surface area contributed by atoms with E-state index in [9.17, 15) is 13.2 Å². The van der Waals surface area contributed by atoms with E-state index in [1.165, 1.54) is 18.2 Å². The fraction of sp³-hybridized carbons (Fsp3) is 0.308. The molecule has 0 aromatic heterocycles. The molecule has 1 aliphatic rings. The van der Waals surface area contributed by atoms with Gasteiger partial charge in [0.1, 0.15) is 0 Å². The summed E-state index contributed by atoms with van der Waals surface area (Å²) in [6, 6.07) is 4.57. The number of carbonyl (C=O) groups excluding carboxylic acids is 1. The minimum atomic E-state index is -3.42. The van der Waals surface area contributed by atoms with Gasteiger partial charge in [-0.3, -0.25) is 4.79 Å². The van der Waals surface area contributed by atoms with Crippen LogP contribution in [0.15, 0.2) is 28.5 Å². The Kier molecular flexibility index (Phi) is 3.24. The third-order valence-corrected chi connectivity index (χ3v) is 4.34. The number of sulfone groups is 1. The molecule has 1 aromatic carbocycles. The number of rotatable bonds is 3. The van der Waals surface area contributed by atoms with Gasteiger partial charge in [0.15, 0.2) is 9.84 Å².